The third-order valence-electron chi connectivity index (χ3n) is 6.50. The molecule has 1 saturated carbocycles. The summed E-state index contributed by atoms with van der Waals surface area (Å²) in [5.74, 6) is 1.82. The van der Waals surface area contributed by atoms with Crippen molar-refractivity contribution in [2.24, 2.45) is 16.6 Å². The van der Waals surface area contributed by atoms with Crippen LogP contribution in [0.25, 0.3) is 0 Å². The molecule has 0 bridgehead atoms. The predicted octanol–water partition coefficient (Wildman–Crippen LogP) is 7.61. The summed E-state index contributed by atoms with van der Waals surface area (Å²) in [6.45, 7) is 4.71. The standard InChI is InChI=1S/C30H33BrN2O/c1-22(26-8-3-2-4-9-26)33-30(32)27-14-18-29(19-15-27)34-21-25-7-5-6-24(20-25)11-10-23-12-16-28(31)17-13-23/h5-7,12-20,26H,1-4,8-11,21H2,(H2,32,33). The third kappa shape index (κ3) is 7.07. The van der Waals surface area contributed by atoms with Gasteiger partial charge in [0.05, 0.1) is 0 Å². The van der Waals surface area contributed by atoms with Gasteiger partial charge in [0.15, 0.2) is 0 Å². The fourth-order valence-corrected chi connectivity index (χ4v) is 4.71. The maximum Gasteiger partial charge on any atom is 0.130 e. The van der Waals surface area contributed by atoms with Gasteiger partial charge in [-0.15, -0.1) is 0 Å². The van der Waals surface area contributed by atoms with Crippen LogP contribution in [-0.4, -0.2) is 5.84 Å². The highest BCUT2D eigenvalue weighted by Gasteiger charge is 2.16. The van der Waals surface area contributed by atoms with Crippen LogP contribution in [-0.2, 0) is 19.4 Å². The summed E-state index contributed by atoms with van der Waals surface area (Å²) in [6.07, 6.45) is 8.23. The minimum Gasteiger partial charge on any atom is -0.489 e. The molecule has 176 valence electrons. The number of amidine groups is 1. The molecular formula is C30H33BrN2O. The largest absolute Gasteiger partial charge is 0.489 e. The summed E-state index contributed by atoms with van der Waals surface area (Å²) < 4.78 is 7.14. The number of aliphatic imine (C=N–C) groups is 1. The van der Waals surface area contributed by atoms with Crippen molar-refractivity contribution < 1.29 is 4.74 Å². The number of ether oxygens (including phenoxy) is 1. The van der Waals surface area contributed by atoms with E-state index < -0.39 is 0 Å². The van der Waals surface area contributed by atoms with Crippen LogP contribution in [0.4, 0.5) is 0 Å². The highest BCUT2D eigenvalue weighted by atomic mass is 79.9. The highest BCUT2D eigenvalue weighted by Crippen LogP contribution is 2.29. The van der Waals surface area contributed by atoms with Crippen molar-refractivity contribution in [3.05, 3.63) is 112 Å². The number of rotatable bonds is 9. The second-order valence-corrected chi connectivity index (χ2v) is 10.00. The van der Waals surface area contributed by atoms with Crippen molar-refractivity contribution >= 4 is 21.8 Å². The zero-order valence-corrected chi connectivity index (χ0v) is 21.3. The van der Waals surface area contributed by atoms with E-state index in [1.807, 2.05) is 24.3 Å². The maximum absolute atomic E-state index is 6.26. The molecule has 4 rings (SSSR count). The molecule has 3 nitrogen and oxygen atoms in total. The van der Waals surface area contributed by atoms with Gasteiger partial charge in [0.25, 0.3) is 0 Å². The molecule has 1 aliphatic carbocycles. The molecule has 0 heterocycles. The zero-order chi connectivity index (χ0) is 23.8. The Morgan fingerprint density at radius 2 is 1.56 bits per heavy atom. The summed E-state index contributed by atoms with van der Waals surface area (Å²) in [5.41, 5.74) is 11.9. The van der Waals surface area contributed by atoms with E-state index in [0.717, 1.165) is 34.3 Å². The Kier molecular flexibility index (Phi) is 8.59. The van der Waals surface area contributed by atoms with Crippen LogP contribution in [0, 0.1) is 5.92 Å². The van der Waals surface area contributed by atoms with E-state index >= 15 is 0 Å². The Bertz CT molecular complexity index is 1110. The highest BCUT2D eigenvalue weighted by molar-refractivity contribution is 9.10. The predicted molar refractivity (Wildman–Crippen MR) is 145 cm³/mol. The number of hydrogen-bond acceptors (Lipinski definition) is 2. The Labute approximate surface area is 211 Å². The minimum absolute atomic E-state index is 0.473. The lowest BCUT2D eigenvalue weighted by atomic mass is 9.87. The summed E-state index contributed by atoms with van der Waals surface area (Å²) in [5, 5.41) is 0. The van der Waals surface area contributed by atoms with Gasteiger partial charge in [-0.2, -0.15) is 0 Å². The van der Waals surface area contributed by atoms with E-state index in [-0.39, 0.29) is 0 Å². The van der Waals surface area contributed by atoms with E-state index in [4.69, 9.17) is 10.5 Å². The van der Waals surface area contributed by atoms with Crippen molar-refractivity contribution in [3.63, 3.8) is 0 Å². The Hall–Kier alpha value is -2.85. The summed E-state index contributed by atoms with van der Waals surface area (Å²) >= 11 is 3.49. The number of allylic oxidation sites excluding steroid dienone is 1. The molecule has 4 heteroatoms. The molecule has 0 saturated heterocycles. The topological polar surface area (TPSA) is 47.6 Å². The second-order valence-electron chi connectivity index (χ2n) is 9.08. The molecule has 3 aromatic carbocycles. The average molecular weight is 518 g/mol. The molecule has 0 radical (unpaired) electrons. The third-order valence-corrected chi connectivity index (χ3v) is 7.03. The van der Waals surface area contributed by atoms with Crippen LogP contribution in [0.3, 0.4) is 0 Å². The molecule has 0 aromatic heterocycles. The quantitative estimate of drug-likeness (QED) is 0.235. The molecule has 0 atom stereocenters. The van der Waals surface area contributed by atoms with Crippen LogP contribution in [0.5, 0.6) is 5.75 Å². The lowest BCUT2D eigenvalue weighted by Crippen LogP contribution is -2.16. The van der Waals surface area contributed by atoms with Gasteiger partial charge in [0.1, 0.15) is 18.2 Å². The fourth-order valence-electron chi connectivity index (χ4n) is 4.45. The number of hydrogen-bond donors (Lipinski definition) is 1. The van der Waals surface area contributed by atoms with E-state index in [1.165, 1.54) is 48.8 Å². The van der Waals surface area contributed by atoms with Crippen molar-refractivity contribution in [1.29, 1.82) is 0 Å². The van der Waals surface area contributed by atoms with E-state index in [2.05, 4.69) is 76.0 Å². The average Bonchev–Trinajstić information content (AvgIpc) is 2.88. The Balaban J connectivity index is 1.29. The van der Waals surface area contributed by atoms with Crippen LogP contribution in [0.15, 0.2) is 94.5 Å². The first-order valence-corrected chi connectivity index (χ1v) is 12.9. The number of nitrogens with two attached hydrogens (primary N) is 1. The van der Waals surface area contributed by atoms with Crippen molar-refractivity contribution in [3.8, 4) is 5.75 Å². The summed E-state index contributed by atoms with van der Waals surface area (Å²) in [4.78, 5) is 4.60. The normalized spacial score (nSPS) is 14.7. The number of halogens is 1. The Morgan fingerprint density at radius 1 is 0.882 bits per heavy atom. The first-order chi connectivity index (χ1) is 16.6. The monoisotopic (exact) mass is 516 g/mol. The fraction of sp³-hybridized carbons (Fsp3) is 0.300. The number of nitrogens with zero attached hydrogens (tertiary/aromatic N) is 1. The summed E-state index contributed by atoms with van der Waals surface area (Å²) in [6, 6.07) is 25.0. The van der Waals surface area contributed by atoms with Gasteiger partial charge in [0, 0.05) is 21.7 Å². The van der Waals surface area contributed by atoms with Crippen LogP contribution in [0.1, 0.15) is 54.4 Å². The molecule has 0 unspecified atom stereocenters. The molecule has 3 aromatic rings. The van der Waals surface area contributed by atoms with Gasteiger partial charge in [0.2, 0.25) is 0 Å². The lowest BCUT2D eigenvalue weighted by Gasteiger charge is -2.21. The molecule has 34 heavy (non-hydrogen) atoms. The molecule has 0 amide bonds. The van der Waals surface area contributed by atoms with Crippen molar-refractivity contribution in [2.45, 2.75) is 51.6 Å². The van der Waals surface area contributed by atoms with Crippen LogP contribution >= 0.6 is 15.9 Å². The van der Waals surface area contributed by atoms with Crippen LogP contribution in [0.2, 0.25) is 0 Å². The maximum atomic E-state index is 6.26. The molecular weight excluding hydrogens is 484 g/mol. The molecule has 1 aliphatic rings. The SMILES string of the molecule is C=C(N=C(N)c1ccc(OCc2cccc(CCc3ccc(Br)cc3)c2)cc1)C1CCCCC1. The first-order valence-electron chi connectivity index (χ1n) is 12.2. The summed E-state index contributed by atoms with van der Waals surface area (Å²) in [7, 11) is 0. The first kappa shape index (κ1) is 24.3. The molecule has 1 fully saturated rings. The number of aryl methyl sites for hydroxylation is 2. The molecule has 0 aliphatic heterocycles. The van der Waals surface area contributed by atoms with Gasteiger partial charge in [-0.1, -0.05) is 78.2 Å². The number of benzene rings is 3. The molecule has 2 N–H and O–H groups in total. The lowest BCUT2D eigenvalue weighted by molar-refractivity contribution is 0.306. The van der Waals surface area contributed by atoms with Gasteiger partial charge < -0.3 is 10.5 Å². The van der Waals surface area contributed by atoms with E-state index in [0.29, 0.717) is 18.4 Å². The Morgan fingerprint density at radius 3 is 2.29 bits per heavy atom. The van der Waals surface area contributed by atoms with E-state index in [9.17, 15) is 0 Å². The second kappa shape index (κ2) is 12.0. The van der Waals surface area contributed by atoms with Gasteiger partial charge >= 0.3 is 0 Å². The zero-order valence-electron chi connectivity index (χ0n) is 19.7. The van der Waals surface area contributed by atoms with Gasteiger partial charge in [-0.3, -0.25) is 0 Å². The van der Waals surface area contributed by atoms with Gasteiger partial charge in [-0.05, 0) is 78.8 Å². The molecule has 0 spiro atoms. The van der Waals surface area contributed by atoms with Crippen LogP contribution < -0.4 is 10.5 Å². The van der Waals surface area contributed by atoms with E-state index in [1.54, 1.807) is 0 Å². The van der Waals surface area contributed by atoms with Crippen molar-refractivity contribution in [1.82, 2.24) is 0 Å². The van der Waals surface area contributed by atoms with Gasteiger partial charge in [-0.25, -0.2) is 4.99 Å². The van der Waals surface area contributed by atoms with Crippen molar-refractivity contribution in [2.75, 3.05) is 0 Å². The smallest absolute Gasteiger partial charge is 0.130 e. The minimum atomic E-state index is 0.473.